The first-order valence-electron chi connectivity index (χ1n) is 5.66. The minimum atomic E-state index is -0.178. The Hall–Kier alpha value is -1.06. The summed E-state index contributed by atoms with van der Waals surface area (Å²) in [5, 5.41) is 0. The number of ether oxygens (including phenoxy) is 1. The summed E-state index contributed by atoms with van der Waals surface area (Å²) in [5.41, 5.74) is 5.73. The summed E-state index contributed by atoms with van der Waals surface area (Å²) in [5.74, 6) is 0.984. The molecular formula is C11H18N2O2. The van der Waals surface area contributed by atoms with Gasteiger partial charge in [0.2, 0.25) is 0 Å². The highest BCUT2D eigenvalue weighted by molar-refractivity contribution is 5.81. The molecule has 0 aromatic carbocycles. The third kappa shape index (κ3) is 2.30. The molecule has 3 atom stereocenters. The first-order chi connectivity index (χ1) is 7.16. The summed E-state index contributed by atoms with van der Waals surface area (Å²) in [7, 11) is 0. The van der Waals surface area contributed by atoms with Crippen LogP contribution in [-0.2, 0) is 9.53 Å². The van der Waals surface area contributed by atoms with E-state index in [4.69, 9.17) is 10.5 Å². The Morgan fingerprint density at radius 2 is 2.27 bits per heavy atom. The number of nitrogens with two attached hydrogens (primary N) is 1. The Balaban J connectivity index is 2.06. The lowest BCUT2D eigenvalue weighted by Gasteiger charge is -2.38. The van der Waals surface area contributed by atoms with Crippen LogP contribution in [0.25, 0.3) is 0 Å². The molecule has 0 aromatic heterocycles. The number of rotatable bonds is 1. The summed E-state index contributed by atoms with van der Waals surface area (Å²) in [6.07, 6.45) is 5.07. The van der Waals surface area contributed by atoms with Gasteiger partial charge in [0.15, 0.2) is 0 Å². The minimum Gasteiger partial charge on any atom is -0.462 e. The monoisotopic (exact) mass is 210 g/mol. The topological polar surface area (TPSA) is 64.7 Å². The third-order valence-electron chi connectivity index (χ3n) is 3.34. The van der Waals surface area contributed by atoms with Crippen LogP contribution >= 0.6 is 0 Å². The van der Waals surface area contributed by atoms with Gasteiger partial charge in [0, 0.05) is 19.3 Å². The van der Waals surface area contributed by atoms with Gasteiger partial charge in [-0.1, -0.05) is 0 Å². The zero-order chi connectivity index (χ0) is 10.8. The molecule has 0 spiro atoms. The van der Waals surface area contributed by atoms with Crippen LogP contribution in [0, 0.1) is 5.92 Å². The summed E-state index contributed by atoms with van der Waals surface area (Å²) in [4.78, 5) is 15.4. The van der Waals surface area contributed by atoms with Crippen molar-refractivity contribution in [1.82, 2.24) is 0 Å². The van der Waals surface area contributed by atoms with E-state index in [1.165, 1.54) is 6.92 Å². The van der Waals surface area contributed by atoms with Crippen LogP contribution in [0.3, 0.4) is 0 Å². The summed E-state index contributed by atoms with van der Waals surface area (Å²) < 4.78 is 5.35. The second kappa shape index (κ2) is 4.21. The molecule has 1 aliphatic carbocycles. The number of carbonyl (C=O) groups is 1. The van der Waals surface area contributed by atoms with Gasteiger partial charge in [0.25, 0.3) is 0 Å². The van der Waals surface area contributed by atoms with Crippen molar-refractivity contribution in [2.24, 2.45) is 16.6 Å². The average Bonchev–Trinajstić information content (AvgIpc) is 2.16. The molecule has 1 unspecified atom stereocenters. The van der Waals surface area contributed by atoms with Crippen LogP contribution in [0.4, 0.5) is 0 Å². The zero-order valence-electron chi connectivity index (χ0n) is 9.11. The van der Waals surface area contributed by atoms with E-state index in [1.54, 1.807) is 0 Å². The van der Waals surface area contributed by atoms with Gasteiger partial charge in [-0.2, -0.15) is 0 Å². The molecule has 2 N–H and O–H groups in total. The number of fused-ring (bicyclic) bond motifs is 1. The predicted molar refractivity (Wildman–Crippen MR) is 57.5 cm³/mol. The number of nitrogens with zero attached hydrogens (tertiary/aromatic N) is 1. The van der Waals surface area contributed by atoms with Crippen LogP contribution in [0.2, 0.25) is 0 Å². The molecule has 15 heavy (non-hydrogen) atoms. The summed E-state index contributed by atoms with van der Waals surface area (Å²) >= 11 is 0. The Bertz CT molecular complexity index is 288. The van der Waals surface area contributed by atoms with Crippen molar-refractivity contribution >= 4 is 11.8 Å². The molecule has 0 radical (unpaired) electrons. The van der Waals surface area contributed by atoms with Gasteiger partial charge in [-0.05, 0) is 25.7 Å². The molecule has 0 saturated heterocycles. The lowest BCUT2D eigenvalue weighted by molar-refractivity contribution is -0.151. The first kappa shape index (κ1) is 10.5. The fourth-order valence-corrected chi connectivity index (χ4v) is 2.69. The van der Waals surface area contributed by atoms with Gasteiger partial charge in [0.1, 0.15) is 6.10 Å². The molecule has 2 rings (SSSR count). The molecule has 0 aromatic rings. The quantitative estimate of drug-likeness (QED) is 0.662. The van der Waals surface area contributed by atoms with Gasteiger partial charge < -0.3 is 10.5 Å². The van der Waals surface area contributed by atoms with E-state index in [0.717, 1.165) is 37.9 Å². The van der Waals surface area contributed by atoms with Gasteiger partial charge in [0.05, 0.1) is 11.9 Å². The van der Waals surface area contributed by atoms with Gasteiger partial charge in [-0.15, -0.1) is 0 Å². The fraction of sp³-hybridized carbons (Fsp3) is 0.818. The van der Waals surface area contributed by atoms with E-state index in [9.17, 15) is 4.79 Å². The smallest absolute Gasteiger partial charge is 0.302 e. The molecule has 4 nitrogen and oxygen atoms in total. The second-order valence-electron chi connectivity index (χ2n) is 4.47. The summed E-state index contributed by atoms with van der Waals surface area (Å²) in [6, 6.07) is 0.289. The van der Waals surface area contributed by atoms with Gasteiger partial charge in [-0.25, -0.2) is 0 Å². The maximum absolute atomic E-state index is 11.0. The highest BCUT2D eigenvalue weighted by atomic mass is 16.5. The van der Waals surface area contributed by atoms with Crippen LogP contribution in [0.5, 0.6) is 0 Å². The van der Waals surface area contributed by atoms with Crippen molar-refractivity contribution < 1.29 is 9.53 Å². The summed E-state index contributed by atoms with van der Waals surface area (Å²) in [6.45, 7) is 1.48. The average molecular weight is 210 g/mol. The van der Waals surface area contributed by atoms with E-state index in [2.05, 4.69) is 4.99 Å². The number of hydrogen-bond acceptors (Lipinski definition) is 4. The molecule has 1 saturated carbocycles. The maximum atomic E-state index is 11.0. The van der Waals surface area contributed by atoms with Crippen molar-refractivity contribution in [3.63, 3.8) is 0 Å². The van der Waals surface area contributed by atoms with Crippen molar-refractivity contribution in [3.8, 4) is 0 Å². The van der Waals surface area contributed by atoms with Crippen LogP contribution in [0.15, 0.2) is 4.99 Å². The predicted octanol–water partition coefficient (Wildman–Crippen LogP) is 1.24. The lowest BCUT2D eigenvalue weighted by atomic mass is 9.78. The Morgan fingerprint density at radius 1 is 1.47 bits per heavy atom. The second-order valence-corrected chi connectivity index (χ2v) is 4.47. The Labute approximate surface area is 89.9 Å². The Morgan fingerprint density at radius 3 is 3.00 bits per heavy atom. The van der Waals surface area contributed by atoms with E-state index >= 15 is 0 Å². The Kier molecular flexibility index (Phi) is 2.93. The fourth-order valence-electron chi connectivity index (χ4n) is 2.69. The van der Waals surface area contributed by atoms with Crippen LogP contribution in [-0.4, -0.2) is 24.0 Å². The van der Waals surface area contributed by atoms with Crippen molar-refractivity contribution in [2.45, 2.75) is 51.2 Å². The van der Waals surface area contributed by atoms with Crippen LogP contribution in [0.1, 0.15) is 39.0 Å². The third-order valence-corrected chi connectivity index (χ3v) is 3.34. The SMILES string of the molecule is CC(=O)OC1CCC[C@H]2N=C(N)CC[C@@H]12. The molecule has 2 aliphatic rings. The van der Waals surface area contributed by atoms with Crippen molar-refractivity contribution in [1.29, 1.82) is 0 Å². The molecule has 0 amide bonds. The van der Waals surface area contributed by atoms with Gasteiger partial charge in [-0.3, -0.25) is 9.79 Å². The molecule has 4 heteroatoms. The largest absolute Gasteiger partial charge is 0.462 e. The van der Waals surface area contributed by atoms with E-state index < -0.39 is 0 Å². The number of hydrogen-bond donors (Lipinski definition) is 1. The maximum Gasteiger partial charge on any atom is 0.302 e. The molecule has 0 bridgehead atoms. The minimum absolute atomic E-state index is 0.0677. The number of aliphatic imine (C=N–C) groups is 1. The van der Waals surface area contributed by atoms with Crippen molar-refractivity contribution in [3.05, 3.63) is 0 Å². The molecule has 1 aliphatic heterocycles. The zero-order valence-corrected chi connectivity index (χ0v) is 9.11. The number of amidine groups is 1. The number of carbonyl (C=O) groups excluding carboxylic acids is 1. The van der Waals surface area contributed by atoms with Gasteiger partial charge >= 0.3 is 5.97 Å². The molecule has 1 heterocycles. The normalized spacial score (nSPS) is 35.3. The van der Waals surface area contributed by atoms with E-state index in [0.29, 0.717) is 5.92 Å². The number of esters is 1. The highest BCUT2D eigenvalue weighted by Crippen LogP contribution is 2.35. The molecular weight excluding hydrogens is 192 g/mol. The molecule has 1 fully saturated rings. The lowest BCUT2D eigenvalue weighted by Crippen LogP contribution is -2.41. The van der Waals surface area contributed by atoms with E-state index in [1.807, 2.05) is 0 Å². The van der Waals surface area contributed by atoms with E-state index in [-0.39, 0.29) is 18.1 Å². The first-order valence-corrected chi connectivity index (χ1v) is 5.66. The standard InChI is InChI=1S/C11H18N2O2/c1-7(14)15-10-4-2-3-9-8(10)5-6-11(12)13-9/h8-10H,2-6H2,1H3,(H2,12,13)/t8-,9-,10?/m1/s1. The molecule has 84 valence electrons. The highest BCUT2D eigenvalue weighted by Gasteiger charge is 2.37. The van der Waals surface area contributed by atoms with Crippen molar-refractivity contribution in [2.75, 3.05) is 0 Å². The van der Waals surface area contributed by atoms with Crippen LogP contribution < -0.4 is 5.73 Å².